The van der Waals surface area contributed by atoms with Crippen molar-refractivity contribution >= 4 is 5.97 Å². The van der Waals surface area contributed by atoms with E-state index in [-0.39, 0.29) is 0 Å². The number of benzene rings is 1. The number of para-hydroxylation sites is 1. The quantitative estimate of drug-likeness (QED) is 0.802. The average Bonchev–Trinajstić information content (AvgIpc) is 2.43. The molecule has 0 aromatic heterocycles. The van der Waals surface area contributed by atoms with Gasteiger partial charge in [-0.05, 0) is 24.5 Å². The molecule has 1 atom stereocenters. The van der Waals surface area contributed by atoms with Gasteiger partial charge < -0.3 is 14.6 Å². The van der Waals surface area contributed by atoms with Crippen molar-refractivity contribution < 1.29 is 19.4 Å². The predicted molar refractivity (Wildman–Crippen MR) is 71.2 cm³/mol. The minimum absolute atomic E-state index is 0.353. The van der Waals surface area contributed by atoms with Gasteiger partial charge in [-0.25, -0.2) is 4.79 Å². The first-order valence-corrected chi connectivity index (χ1v) is 6.82. The summed E-state index contributed by atoms with van der Waals surface area (Å²) in [6.45, 7) is 2.52. The molecule has 4 nitrogen and oxygen atoms in total. The van der Waals surface area contributed by atoms with Gasteiger partial charge in [0.1, 0.15) is 5.75 Å². The van der Waals surface area contributed by atoms with Crippen molar-refractivity contribution in [1.29, 1.82) is 0 Å². The van der Waals surface area contributed by atoms with E-state index in [1.807, 2.05) is 18.2 Å². The number of carbonyl (C=O) groups is 1. The van der Waals surface area contributed by atoms with Gasteiger partial charge in [-0.2, -0.15) is 0 Å². The van der Waals surface area contributed by atoms with E-state index in [1.54, 1.807) is 6.07 Å². The molecule has 0 fully saturated rings. The van der Waals surface area contributed by atoms with Crippen molar-refractivity contribution in [3.63, 3.8) is 0 Å². The van der Waals surface area contributed by atoms with E-state index in [1.165, 1.54) is 0 Å². The molecule has 1 aromatic carbocycles. The zero-order valence-electron chi connectivity index (χ0n) is 11.2. The van der Waals surface area contributed by atoms with Crippen LogP contribution in [0.1, 0.15) is 38.2 Å². The highest BCUT2D eigenvalue weighted by Crippen LogP contribution is 2.34. The van der Waals surface area contributed by atoms with Crippen molar-refractivity contribution in [3.8, 4) is 5.75 Å². The third kappa shape index (κ3) is 3.07. The summed E-state index contributed by atoms with van der Waals surface area (Å²) in [5.41, 5.74) is 1.04. The third-order valence-electron chi connectivity index (χ3n) is 3.38. The number of fused-ring (bicyclic) bond motifs is 1. The molecule has 0 saturated heterocycles. The van der Waals surface area contributed by atoms with E-state index in [9.17, 15) is 9.90 Å². The Bertz CT molecular complexity index is 444. The number of hydrogen-bond donors (Lipinski definition) is 1. The minimum atomic E-state index is -1.51. The summed E-state index contributed by atoms with van der Waals surface area (Å²) in [4.78, 5) is 11.5. The Balaban J connectivity index is 2.08. The van der Waals surface area contributed by atoms with Gasteiger partial charge in [0, 0.05) is 6.42 Å². The van der Waals surface area contributed by atoms with Crippen LogP contribution >= 0.6 is 0 Å². The van der Waals surface area contributed by atoms with Crippen molar-refractivity contribution in [2.45, 2.75) is 44.8 Å². The molecule has 1 heterocycles. The average molecular weight is 264 g/mol. The molecular formula is C15H20O4. The number of rotatable bonds is 6. The molecule has 19 heavy (non-hydrogen) atoms. The summed E-state index contributed by atoms with van der Waals surface area (Å²) in [5, 5.41) is 9.42. The lowest BCUT2D eigenvalue weighted by atomic mass is 9.99. The van der Waals surface area contributed by atoms with Crippen molar-refractivity contribution in [3.05, 3.63) is 29.8 Å². The van der Waals surface area contributed by atoms with Crippen molar-refractivity contribution in [1.82, 2.24) is 0 Å². The number of aryl methyl sites for hydroxylation is 1. The van der Waals surface area contributed by atoms with Gasteiger partial charge in [-0.1, -0.05) is 38.0 Å². The van der Waals surface area contributed by atoms with E-state index in [0.717, 1.165) is 24.8 Å². The first kappa shape index (κ1) is 13.9. The summed E-state index contributed by atoms with van der Waals surface area (Å²) in [6, 6.07) is 7.52. The Hall–Kier alpha value is -1.55. The number of aliphatic carboxylic acids is 1. The molecular weight excluding hydrogens is 244 g/mol. The summed E-state index contributed by atoms with van der Waals surface area (Å²) < 4.78 is 11.2. The Kier molecular flexibility index (Phi) is 4.43. The van der Waals surface area contributed by atoms with E-state index in [2.05, 4.69) is 6.92 Å². The Labute approximate surface area is 113 Å². The van der Waals surface area contributed by atoms with Crippen LogP contribution in [0.15, 0.2) is 24.3 Å². The van der Waals surface area contributed by atoms with E-state index in [0.29, 0.717) is 25.2 Å². The van der Waals surface area contributed by atoms with Crippen LogP contribution in [0.4, 0.5) is 0 Å². The number of carboxylic acids is 1. The molecule has 104 valence electrons. The maximum Gasteiger partial charge on any atom is 0.377 e. The summed E-state index contributed by atoms with van der Waals surface area (Å²) in [6.07, 6.45) is 3.98. The van der Waals surface area contributed by atoms with Crippen LogP contribution < -0.4 is 4.74 Å². The van der Waals surface area contributed by atoms with Gasteiger partial charge in [0.15, 0.2) is 0 Å². The number of hydrogen-bond acceptors (Lipinski definition) is 3. The second-order valence-electron chi connectivity index (χ2n) is 4.82. The molecule has 1 aliphatic heterocycles. The molecule has 1 N–H and O–H groups in total. The van der Waals surface area contributed by atoms with Crippen molar-refractivity contribution in [2.24, 2.45) is 0 Å². The maximum atomic E-state index is 11.5. The lowest BCUT2D eigenvalue weighted by Crippen LogP contribution is -2.49. The SMILES string of the molecule is CCCCCOC1(C(=O)O)CCc2ccccc2O1. The number of carboxylic acid groups (broad SMARTS) is 1. The van der Waals surface area contributed by atoms with Gasteiger partial charge in [0.25, 0.3) is 0 Å². The molecule has 1 aliphatic rings. The smallest absolute Gasteiger partial charge is 0.377 e. The first-order valence-electron chi connectivity index (χ1n) is 6.82. The molecule has 0 aliphatic carbocycles. The zero-order valence-corrected chi connectivity index (χ0v) is 11.2. The lowest BCUT2D eigenvalue weighted by Gasteiger charge is -2.34. The molecule has 0 amide bonds. The molecule has 1 aromatic rings. The van der Waals surface area contributed by atoms with Gasteiger partial charge >= 0.3 is 11.8 Å². The maximum absolute atomic E-state index is 11.5. The van der Waals surface area contributed by atoms with Gasteiger partial charge in [-0.15, -0.1) is 0 Å². The molecule has 1 unspecified atom stereocenters. The van der Waals surface area contributed by atoms with Crippen LogP contribution in [-0.2, 0) is 16.0 Å². The highest BCUT2D eigenvalue weighted by Gasteiger charge is 2.45. The van der Waals surface area contributed by atoms with Gasteiger partial charge in [0.2, 0.25) is 0 Å². The first-order chi connectivity index (χ1) is 9.18. The molecule has 0 bridgehead atoms. The van der Waals surface area contributed by atoms with Crippen molar-refractivity contribution in [2.75, 3.05) is 6.61 Å². The topological polar surface area (TPSA) is 55.8 Å². The summed E-state index contributed by atoms with van der Waals surface area (Å²) in [5.74, 6) is -1.94. The molecule has 0 saturated carbocycles. The largest absolute Gasteiger partial charge is 0.476 e. The summed E-state index contributed by atoms with van der Waals surface area (Å²) >= 11 is 0. The normalized spacial score (nSPS) is 21.5. The molecule has 2 rings (SSSR count). The van der Waals surface area contributed by atoms with Crippen LogP contribution in [0.2, 0.25) is 0 Å². The van der Waals surface area contributed by atoms with Gasteiger partial charge in [-0.3, -0.25) is 0 Å². The van der Waals surface area contributed by atoms with Gasteiger partial charge in [0.05, 0.1) is 6.61 Å². The highest BCUT2D eigenvalue weighted by atomic mass is 16.7. The predicted octanol–water partition coefficient (Wildman–Crippen LogP) is 3.00. The standard InChI is InChI=1S/C15H20O4/c1-2-3-6-11-18-15(14(16)17)10-9-12-7-4-5-8-13(12)19-15/h4-5,7-8H,2-3,6,9-11H2,1H3,(H,16,17). The second-order valence-corrected chi connectivity index (χ2v) is 4.82. The summed E-state index contributed by atoms with van der Waals surface area (Å²) in [7, 11) is 0. The zero-order chi connectivity index (χ0) is 13.7. The Morgan fingerprint density at radius 1 is 1.42 bits per heavy atom. The molecule has 0 radical (unpaired) electrons. The second kappa shape index (κ2) is 6.06. The van der Waals surface area contributed by atoms with Crippen LogP contribution in [-0.4, -0.2) is 23.5 Å². The van der Waals surface area contributed by atoms with E-state index >= 15 is 0 Å². The monoisotopic (exact) mass is 264 g/mol. The van der Waals surface area contributed by atoms with Crippen LogP contribution in [0, 0.1) is 0 Å². The van der Waals surface area contributed by atoms with E-state index < -0.39 is 11.8 Å². The van der Waals surface area contributed by atoms with Crippen LogP contribution in [0.5, 0.6) is 5.75 Å². The third-order valence-corrected chi connectivity index (χ3v) is 3.38. The minimum Gasteiger partial charge on any atom is -0.476 e. The fraction of sp³-hybridized carbons (Fsp3) is 0.533. The van der Waals surface area contributed by atoms with E-state index in [4.69, 9.17) is 9.47 Å². The Morgan fingerprint density at radius 3 is 2.95 bits per heavy atom. The fourth-order valence-electron chi connectivity index (χ4n) is 2.24. The molecule has 0 spiro atoms. The van der Waals surface area contributed by atoms with Crippen LogP contribution in [0.3, 0.4) is 0 Å². The number of ether oxygens (including phenoxy) is 2. The highest BCUT2D eigenvalue weighted by molar-refractivity contribution is 5.76. The number of unbranched alkanes of at least 4 members (excludes halogenated alkanes) is 2. The lowest BCUT2D eigenvalue weighted by molar-refractivity contribution is -0.218. The van der Waals surface area contributed by atoms with Crippen LogP contribution in [0.25, 0.3) is 0 Å². The molecule has 4 heteroatoms. The fourth-order valence-corrected chi connectivity index (χ4v) is 2.24. The Morgan fingerprint density at radius 2 is 2.21 bits per heavy atom.